The molecule has 5 heterocycles. The molecule has 0 unspecified atom stereocenters. The third-order valence-electron chi connectivity index (χ3n) is 16.1. The lowest BCUT2D eigenvalue weighted by Crippen LogP contribution is -2.70. The molecule has 0 amide bonds. The highest BCUT2D eigenvalue weighted by Gasteiger charge is 2.63. The molecule has 0 aliphatic carbocycles. The van der Waals surface area contributed by atoms with Crippen LogP contribution in [0.1, 0.15) is 111 Å². The van der Waals surface area contributed by atoms with Crippen molar-refractivity contribution in [2.24, 2.45) is 0 Å². The van der Waals surface area contributed by atoms with Crippen LogP contribution in [0.5, 0.6) is 5.75 Å². The van der Waals surface area contributed by atoms with Gasteiger partial charge in [-0.2, -0.15) is 0 Å². The molecule has 114 heavy (non-hydrogen) atoms. The van der Waals surface area contributed by atoms with E-state index in [-0.39, 0.29) is 5.75 Å². The van der Waals surface area contributed by atoms with Crippen LogP contribution in [0.4, 0.5) is 5.69 Å². The molecule has 6 rings (SSSR count). The largest absolute Gasteiger partial charge is 0.463 e. The van der Waals surface area contributed by atoms with Gasteiger partial charge < -0.3 is 123 Å². The number of nitro groups is 1. The Labute approximate surface area is 652 Å². The Morgan fingerprint density at radius 3 is 0.693 bits per heavy atom. The summed E-state index contributed by atoms with van der Waals surface area (Å²) in [6.45, 7) is 9.56. The zero-order valence-electron chi connectivity index (χ0n) is 64.0. The summed E-state index contributed by atoms with van der Waals surface area (Å²) >= 11 is 6.40. The van der Waals surface area contributed by atoms with Crippen molar-refractivity contribution in [1.29, 1.82) is 0 Å². The maximum absolute atomic E-state index is 13.7. The molecule has 46 heteroatoms. The number of carbonyl (C=O) groups is 16. The first kappa shape index (κ1) is 92.7. The standard InChI is InChI=1S/C68H86ClNO44/c1-25(71)89-20-44-49(94-30(6)76)54(95-31(7)77)60(101-37(13)83)65(107-44)112-51-46(22-91-27(3)73)109-67(62(103-39(15)85)56(51)97-33(9)79)114-53-48(24-93-29(5)75)110-68(63(104-40(16)86)58(53)99-35(11)81)113-52-47(23-92-28(4)74)108-66(61(102-38(14)84)57(52)98-34(10)80)111-50-45(21-90-26(2)72)106-64(59(100-36(12)82)55(50)96-32(8)78)105-43-18-17-41(70(87)88)19-42(43)69/h17-19,44-68H,20-24H2,1-16H3/t44-,45-,46-,47-,48-,49-,50-,51-,52-,53-,54+,55+,56+,57+,58+,59-,60-,61-,62-,63-,64-,65-,66-,67-,68-/m1/s1. The van der Waals surface area contributed by atoms with Gasteiger partial charge in [-0.15, -0.1) is 0 Å². The maximum Gasteiger partial charge on any atom is 0.303 e. The fourth-order valence-corrected chi connectivity index (χ4v) is 12.5. The molecule has 0 saturated carbocycles. The second-order valence-corrected chi connectivity index (χ2v) is 25.8. The number of halogens is 1. The number of nitro benzene ring substituents is 1. The van der Waals surface area contributed by atoms with E-state index in [9.17, 15) is 86.8 Å². The van der Waals surface area contributed by atoms with Crippen LogP contribution in [0.3, 0.4) is 0 Å². The lowest BCUT2D eigenvalue weighted by molar-refractivity contribution is -0.392. The van der Waals surface area contributed by atoms with Crippen molar-refractivity contribution in [2.45, 2.75) is 264 Å². The van der Waals surface area contributed by atoms with Gasteiger partial charge in [0.05, 0.1) is 9.95 Å². The fourth-order valence-electron chi connectivity index (χ4n) is 12.2. The Balaban J connectivity index is 1.53. The Morgan fingerprint density at radius 1 is 0.289 bits per heavy atom. The SMILES string of the molecule is CC(=O)OC[C@H]1O[C@H](O[C@H]2[C@H](OC(C)=O)[C@@H](OC(C)=O)[C@@H](O[C@H]3[C@H](OC(C)=O)[C@@H](OC(C)=O)[C@@H](O[C@H]4[C@H](OC(C)=O)[C@@H](OC(C)=O)[C@@H](O[C@H]5[C@H](OC(C)=O)[C@@H](OC(C)=O)[C@H](Oc6ccc([N+](=O)[O-])cc6Cl)O[C@@H]5COC(C)=O)O[C@@H]4COC(C)=O)O[C@@H]3COC(C)=O)O[C@@H]2COC(C)=O)[C@H](OC(C)=O)[C@@H](OC(C)=O)[C@@H]1OC(C)=O. The molecular formula is C68H86ClNO44. The number of esters is 16. The van der Waals surface area contributed by atoms with Gasteiger partial charge in [-0.3, -0.25) is 86.8 Å². The summed E-state index contributed by atoms with van der Waals surface area (Å²) in [7, 11) is 0. The molecule has 5 fully saturated rings. The van der Waals surface area contributed by atoms with Crippen molar-refractivity contribution in [3.63, 3.8) is 0 Å². The van der Waals surface area contributed by atoms with Crippen LogP contribution in [-0.2, 0) is 195 Å². The highest BCUT2D eigenvalue weighted by Crippen LogP contribution is 2.43. The van der Waals surface area contributed by atoms with Crippen LogP contribution in [0, 0.1) is 10.1 Å². The van der Waals surface area contributed by atoms with Crippen molar-refractivity contribution in [2.75, 3.05) is 33.0 Å². The average Bonchev–Trinajstić information content (AvgIpc) is 0.760. The van der Waals surface area contributed by atoms with Crippen molar-refractivity contribution in [1.82, 2.24) is 0 Å². The lowest BCUT2D eigenvalue weighted by atomic mass is 9.94. The number of hydrogen-bond donors (Lipinski definition) is 0. The molecule has 5 saturated heterocycles. The number of non-ortho nitro benzene ring substituents is 1. The summed E-state index contributed by atoms with van der Waals surface area (Å²) in [6, 6.07) is 2.90. The molecule has 0 radical (unpaired) electrons. The van der Waals surface area contributed by atoms with Gasteiger partial charge in [-0.25, -0.2) is 0 Å². The van der Waals surface area contributed by atoms with E-state index in [1.54, 1.807) is 0 Å². The lowest BCUT2D eigenvalue weighted by Gasteiger charge is -2.51. The molecule has 5 aliphatic rings. The van der Waals surface area contributed by atoms with E-state index in [0.29, 0.717) is 0 Å². The third-order valence-corrected chi connectivity index (χ3v) is 16.4. The van der Waals surface area contributed by atoms with E-state index in [1.807, 2.05) is 0 Å². The van der Waals surface area contributed by atoms with Gasteiger partial charge in [0.1, 0.15) is 93.7 Å². The summed E-state index contributed by atoms with van der Waals surface area (Å²) < 4.78 is 154. The van der Waals surface area contributed by atoms with Crippen molar-refractivity contribution >= 4 is 113 Å². The molecular weight excluding hydrogens is 1570 g/mol. The van der Waals surface area contributed by atoms with Crippen molar-refractivity contribution in [3.05, 3.63) is 33.3 Å². The number of hydrogen-bond acceptors (Lipinski definition) is 44. The Bertz CT molecular complexity index is 3700. The van der Waals surface area contributed by atoms with Gasteiger partial charge in [0, 0.05) is 123 Å². The monoisotopic (exact) mass is 1660 g/mol. The molecule has 0 aromatic heterocycles. The van der Waals surface area contributed by atoms with Crippen LogP contribution >= 0.6 is 11.6 Å². The Kier molecular flexibility index (Phi) is 34.4. The summed E-state index contributed by atoms with van der Waals surface area (Å²) in [5.74, 6) is -18.3. The quantitative estimate of drug-likeness (QED) is 0.0392. The molecule has 0 spiro atoms. The van der Waals surface area contributed by atoms with Crippen LogP contribution in [0.15, 0.2) is 18.2 Å². The number of nitrogens with zero attached hydrogens (tertiary/aromatic N) is 1. The van der Waals surface area contributed by atoms with Crippen molar-refractivity contribution in [3.8, 4) is 5.75 Å². The molecule has 1 aromatic carbocycles. The molecule has 5 aliphatic heterocycles. The first-order valence-corrected chi connectivity index (χ1v) is 34.9. The normalized spacial score (nSPS) is 31.0. The highest BCUT2D eigenvalue weighted by atomic mass is 35.5. The zero-order chi connectivity index (χ0) is 85.0. The Hall–Kier alpha value is -10.1. The van der Waals surface area contributed by atoms with Crippen LogP contribution in [-0.4, -0.2) is 287 Å². The molecule has 45 nitrogen and oxygen atoms in total. The number of carbonyl (C=O) groups excluding carboxylic acids is 16. The van der Waals surface area contributed by atoms with Gasteiger partial charge in [-0.1, -0.05) is 11.6 Å². The zero-order valence-corrected chi connectivity index (χ0v) is 64.7. The molecule has 25 atom stereocenters. The van der Waals surface area contributed by atoms with E-state index in [0.717, 1.165) is 129 Å². The van der Waals surface area contributed by atoms with Gasteiger partial charge >= 0.3 is 95.5 Å². The summed E-state index contributed by atoms with van der Waals surface area (Å²) in [4.78, 5) is 221. The molecule has 0 N–H and O–H groups in total. The first-order chi connectivity index (χ1) is 53.4. The fraction of sp³-hybridized carbons (Fsp3) is 0.676. The number of ether oxygens (including phenoxy) is 26. The molecule has 634 valence electrons. The Morgan fingerprint density at radius 2 is 0.482 bits per heavy atom. The minimum atomic E-state index is -2.37. The topological polar surface area (TPSA) is 556 Å². The number of benzene rings is 1. The average molecular weight is 1660 g/mol. The van der Waals surface area contributed by atoms with Crippen LogP contribution in [0.2, 0.25) is 5.02 Å². The van der Waals surface area contributed by atoms with E-state index in [1.165, 1.54) is 0 Å². The summed E-state index contributed by atoms with van der Waals surface area (Å²) in [6.07, 6.45) is -52.2. The van der Waals surface area contributed by atoms with Gasteiger partial charge in [0.15, 0.2) is 86.2 Å². The highest BCUT2D eigenvalue weighted by molar-refractivity contribution is 6.32. The second kappa shape index (κ2) is 42.3. The molecule has 0 bridgehead atoms. The van der Waals surface area contributed by atoms with E-state index in [4.69, 9.17) is 135 Å². The number of rotatable bonds is 32. The first-order valence-electron chi connectivity index (χ1n) is 34.5. The van der Waals surface area contributed by atoms with Gasteiger partial charge in [0.25, 0.3) is 5.69 Å². The van der Waals surface area contributed by atoms with Crippen LogP contribution < -0.4 is 4.74 Å². The predicted molar refractivity (Wildman–Crippen MR) is 356 cm³/mol. The minimum Gasteiger partial charge on any atom is -0.463 e. The smallest absolute Gasteiger partial charge is 0.303 e. The second-order valence-electron chi connectivity index (χ2n) is 25.4. The summed E-state index contributed by atoms with van der Waals surface area (Å²) in [5.41, 5.74) is -0.501. The minimum absolute atomic E-state index is 0.353. The van der Waals surface area contributed by atoms with Gasteiger partial charge in [0.2, 0.25) is 12.4 Å². The predicted octanol–water partition coefficient (Wildman–Crippen LogP) is -0.143. The van der Waals surface area contributed by atoms with E-state index in [2.05, 4.69) is 0 Å². The van der Waals surface area contributed by atoms with E-state index >= 15 is 0 Å². The summed E-state index contributed by atoms with van der Waals surface area (Å²) in [5, 5.41) is 11.2. The van der Waals surface area contributed by atoms with Crippen LogP contribution in [0.25, 0.3) is 0 Å². The van der Waals surface area contributed by atoms with E-state index < -0.39 is 298 Å². The van der Waals surface area contributed by atoms with Crippen molar-refractivity contribution < 1.29 is 205 Å². The van der Waals surface area contributed by atoms with Gasteiger partial charge in [-0.05, 0) is 6.07 Å². The third kappa shape index (κ3) is 27.0. The maximum atomic E-state index is 13.7. The molecule has 1 aromatic rings.